The molecular weight excluding hydrogens is 369 g/mol. The van der Waals surface area contributed by atoms with Crippen LogP contribution in [0.5, 0.6) is 0 Å². The Labute approximate surface area is 162 Å². The van der Waals surface area contributed by atoms with Crippen molar-refractivity contribution in [1.29, 1.82) is 0 Å². The second kappa shape index (κ2) is 7.77. The fourth-order valence-corrected chi connectivity index (χ4v) is 3.21. The summed E-state index contributed by atoms with van der Waals surface area (Å²) in [7, 11) is 0. The lowest BCUT2D eigenvalue weighted by molar-refractivity contribution is -0.111. The van der Waals surface area contributed by atoms with Crippen molar-refractivity contribution in [3.05, 3.63) is 81.6 Å². The number of aromatic nitrogens is 2. The molecular formula is C20H17Cl2N3O. The van der Waals surface area contributed by atoms with Crippen molar-refractivity contribution in [2.24, 2.45) is 0 Å². The average Bonchev–Trinajstić information content (AvgIpc) is 2.87. The zero-order valence-corrected chi connectivity index (χ0v) is 15.8. The normalized spacial score (nSPS) is 11.1. The molecule has 2 aromatic carbocycles. The largest absolute Gasteiger partial charge is 0.322 e. The van der Waals surface area contributed by atoms with E-state index in [-0.39, 0.29) is 5.91 Å². The lowest BCUT2D eigenvalue weighted by Crippen LogP contribution is -2.07. The topological polar surface area (TPSA) is 46.9 Å². The van der Waals surface area contributed by atoms with Crippen LogP contribution in [-0.4, -0.2) is 15.7 Å². The number of aryl methyl sites for hydroxylation is 1. The number of hydrogen-bond donors (Lipinski definition) is 1. The summed E-state index contributed by atoms with van der Waals surface area (Å²) in [6.07, 6.45) is 3.24. The molecule has 0 aliphatic heterocycles. The highest BCUT2D eigenvalue weighted by Crippen LogP contribution is 2.23. The monoisotopic (exact) mass is 385 g/mol. The number of nitrogens with one attached hydrogen (secondary N) is 1. The van der Waals surface area contributed by atoms with Gasteiger partial charge in [-0.2, -0.15) is 5.10 Å². The van der Waals surface area contributed by atoms with E-state index in [1.807, 2.05) is 48.9 Å². The van der Waals surface area contributed by atoms with E-state index < -0.39 is 0 Å². The van der Waals surface area contributed by atoms with Gasteiger partial charge in [0.05, 0.1) is 11.4 Å². The Bertz CT molecular complexity index is 958. The third-order valence-electron chi connectivity index (χ3n) is 3.88. The van der Waals surface area contributed by atoms with Crippen molar-refractivity contribution in [2.75, 3.05) is 5.32 Å². The Kier molecular flexibility index (Phi) is 5.45. The third kappa shape index (κ3) is 4.15. The van der Waals surface area contributed by atoms with Crippen LogP contribution in [0.3, 0.4) is 0 Å². The summed E-state index contributed by atoms with van der Waals surface area (Å²) in [5, 5.41) is 8.24. The van der Waals surface area contributed by atoms with Crippen molar-refractivity contribution in [3.63, 3.8) is 0 Å². The van der Waals surface area contributed by atoms with E-state index in [1.54, 1.807) is 24.3 Å². The van der Waals surface area contributed by atoms with Gasteiger partial charge in [-0.3, -0.25) is 4.79 Å². The number of halogens is 2. The highest BCUT2D eigenvalue weighted by molar-refractivity contribution is 6.35. The van der Waals surface area contributed by atoms with Gasteiger partial charge < -0.3 is 5.32 Å². The summed E-state index contributed by atoms with van der Waals surface area (Å²) in [5.41, 5.74) is 4.24. The molecule has 0 atom stereocenters. The van der Waals surface area contributed by atoms with Gasteiger partial charge in [0, 0.05) is 33.1 Å². The van der Waals surface area contributed by atoms with Gasteiger partial charge in [0.2, 0.25) is 5.91 Å². The van der Waals surface area contributed by atoms with Crippen LogP contribution >= 0.6 is 23.2 Å². The lowest BCUT2D eigenvalue weighted by atomic mass is 10.2. The van der Waals surface area contributed by atoms with Crippen LogP contribution in [0, 0.1) is 13.8 Å². The van der Waals surface area contributed by atoms with E-state index in [9.17, 15) is 4.79 Å². The summed E-state index contributed by atoms with van der Waals surface area (Å²) in [6, 6.07) is 14.8. The Balaban J connectivity index is 1.80. The van der Waals surface area contributed by atoms with Crippen molar-refractivity contribution in [3.8, 4) is 5.69 Å². The van der Waals surface area contributed by atoms with Crippen molar-refractivity contribution >= 4 is 40.9 Å². The zero-order chi connectivity index (χ0) is 18.7. The molecule has 0 saturated heterocycles. The van der Waals surface area contributed by atoms with Crippen molar-refractivity contribution in [2.45, 2.75) is 13.8 Å². The maximum absolute atomic E-state index is 12.2. The number of anilines is 1. The van der Waals surface area contributed by atoms with Crippen LogP contribution < -0.4 is 5.32 Å². The minimum atomic E-state index is -0.269. The molecule has 1 heterocycles. The third-order valence-corrected chi connectivity index (χ3v) is 4.32. The summed E-state index contributed by atoms with van der Waals surface area (Å²) in [6.45, 7) is 3.89. The van der Waals surface area contributed by atoms with Crippen LogP contribution in [-0.2, 0) is 4.79 Å². The summed E-state index contributed by atoms with van der Waals surface area (Å²) in [4.78, 5) is 12.2. The molecule has 3 rings (SSSR count). The molecule has 0 radical (unpaired) electrons. The average molecular weight is 386 g/mol. The minimum absolute atomic E-state index is 0.269. The first-order valence-electron chi connectivity index (χ1n) is 8.01. The Hall–Kier alpha value is -2.56. The van der Waals surface area contributed by atoms with Gasteiger partial charge >= 0.3 is 0 Å². The molecule has 132 valence electrons. The van der Waals surface area contributed by atoms with E-state index in [2.05, 4.69) is 10.4 Å². The van der Waals surface area contributed by atoms with Crippen LogP contribution in [0.25, 0.3) is 11.8 Å². The highest BCUT2D eigenvalue weighted by atomic mass is 35.5. The number of benzene rings is 2. The molecule has 1 N–H and O–H groups in total. The predicted molar refractivity (Wildman–Crippen MR) is 107 cm³/mol. The van der Waals surface area contributed by atoms with Crippen LogP contribution in [0.4, 0.5) is 5.69 Å². The number of carbonyl (C=O) groups excluding carboxylic acids is 1. The molecule has 26 heavy (non-hydrogen) atoms. The van der Waals surface area contributed by atoms with Gasteiger partial charge in [0.1, 0.15) is 0 Å². The molecule has 4 nitrogen and oxygen atoms in total. The maximum atomic E-state index is 12.2. The molecule has 0 saturated carbocycles. The molecule has 6 heteroatoms. The molecule has 1 amide bonds. The molecule has 0 fully saturated rings. The van der Waals surface area contributed by atoms with E-state index >= 15 is 0 Å². The molecule has 0 unspecified atom stereocenters. The van der Waals surface area contributed by atoms with Gasteiger partial charge in [0.15, 0.2) is 0 Å². The second-order valence-corrected chi connectivity index (χ2v) is 6.69. The van der Waals surface area contributed by atoms with Gasteiger partial charge in [-0.25, -0.2) is 4.68 Å². The van der Waals surface area contributed by atoms with Crippen molar-refractivity contribution in [1.82, 2.24) is 9.78 Å². The number of amides is 1. The molecule has 0 aliphatic rings. The number of carbonyl (C=O) groups is 1. The van der Waals surface area contributed by atoms with Gasteiger partial charge in [-0.15, -0.1) is 0 Å². The summed E-state index contributed by atoms with van der Waals surface area (Å²) >= 11 is 11.9. The quantitative estimate of drug-likeness (QED) is 0.607. The van der Waals surface area contributed by atoms with Gasteiger partial charge in [-0.05, 0) is 50.3 Å². The van der Waals surface area contributed by atoms with E-state index in [0.29, 0.717) is 15.7 Å². The summed E-state index contributed by atoms with van der Waals surface area (Å²) in [5.74, 6) is -0.269. The standard InChI is InChI=1S/C20H17Cl2N3O/c1-13-19(14(2)25(24-13)18-6-4-3-5-7-18)8-9-20(26)23-17-11-15(21)10-16(22)12-17/h3-12H,1-2H3,(H,23,26)/b9-8+. The van der Waals surface area contributed by atoms with E-state index in [0.717, 1.165) is 22.6 Å². The first-order chi connectivity index (χ1) is 12.4. The Morgan fingerprint density at radius 2 is 1.73 bits per heavy atom. The van der Waals surface area contributed by atoms with Crippen LogP contribution in [0.15, 0.2) is 54.6 Å². The number of para-hydroxylation sites is 1. The summed E-state index contributed by atoms with van der Waals surface area (Å²) < 4.78 is 1.86. The highest BCUT2D eigenvalue weighted by Gasteiger charge is 2.11. The molecule has 0 spiro atoms. The van der Waals surface area contributed by atoms with E-state index in [4.69, 9.17) is 23.2 Å². The lowest BCUT2D eigenvalue weighted by Gasteiger charge is -2.04. The smallest absolute Gasteiger partial charge is 0.248 e. The minimum Gasteiger partial charge on any atom is -0.322 e. The van der Waals surface area contributed by atoms with Gasteiger partial charge in [0.25, 0.3) is 0 Å². The number of nitrogens with zero attached hydrogens (tertiary/aromatic N) is 2. The fourth-order valence-electron chi connectivity index (χ4n) is 2.69. The molecule has 3 aromatic rings. The Morgan fingerprint density at radius 1 is 1.08 bits per heavy atom. The van der Waals surface area contributed by atoms with Crippen molar-refractivity contribution < 1.29 is 4.79 Å². The van der Waals surface area contributed by atoms with E-state index in [1.165, 1.54) is 6.08 Å². The number of hydrogen-bond acceptors (Lipinski definition) is 2. The predicted octanol–water partition coefficient (Wildman–Crippen LogP) is 5.45. The van der Waals surface area contributed by atoms with Crippen LogP contribution in [0.2, 0.25) is 10.0 Å². The zero-order valence-electron chi connectivity index (χ0n) is 14.3. The molecule has 1 aromatic heterocycles. The van der Waals surface area contributed by atoms with Gasteiger partial charge in [-0.1, -0.05) is 41.4 Å². The molecule has 0 bridgehead atoms. The number of rotatable bonds is 4. The SMILES string of the molecule is Cc1nn(-c2ccccc2)c(C)c1/C=C/C(=O)Nc1cc(Cl)cc(Cl)c1. The maximum Gasteiger partial charge on any atom is 0.248 e. The first kappa shape index (κ1) is 18.2. The fraction of sp³-hybridized carbons (Fsp3) is 0.100. The van der Waals surface area contributed by atoms with Crippen LogP contribution in [0.1, 0.15) is 17.0 Å². The second-order valence-electron chi connectivity index (χ2n) is 5.81. The Morgan fingerprint density at radius 3 is 2.38 bits per heavy atom. The molecule has 0 aliphatic carbocycles. The first-order valence-corrected chi connectivity index (χ1v) is 8.76.